The van der Waals surface area contributed by atoms with Crippen LogP contribution >= 0.6 is 27.7 Å². The lowest BCUT2D eigenvalue weighted by atomic mass is 10.1. The zero-order chi connectivity index (χ0) is 12.5. The van der Waals surface area contributed by atoms with Crippen LogP contribution in [-0.2, 0) is 4.79 Å². The van der Waals surface area contributed by atoms with Gasteiger partial charge >= 0.3 is 0 Å². The summed E-state index contributed by atoms with van der Waals surface area (Å²) in [6, 6.07) is 1.85. The fraction of sp³-hybridized carbons (Fsp3) is 0.273. The summed E-state index contributed by atoms with van der Waals surface area (Å²) in [7, 11) is 0. The van der Waals surface area contributed by atoms with E-state index in [1.54, 1.807) is 24.2 Å². The molecule has 18 heavy (non-hydrogen) atoms. The zero-order valence-corrected chi connectivity index (χ0v) is 11.6. The summed E-state index contributed by atoms with van der Waals surface area (Å²) < 4.78 is 6.02. The topological polar surface area (TPSA) is 68.9 Å². The third-order valence-electron chi connectivity index (χ3n) is 2.62. The van der Waals surface area contributed by atoms with Crippen molar-refractivity contribution in [1.29, 1.82) is 0 Å². The van der Waals surface area contributed by atoms with Gasteiger partial charge in [0, 0.05) is 28.2 Å². The number of ketones is 1. The van der Waals surface area contributed by atoms with Gasteiger partial charge in [-0.3, -0.25) is 9.78 Å². The maximum Gasteiger partial charge on any atom is 0.238 e. The van der Waals surface area contributed by atoms with Gasteiger partial charge in [0.25, 0.3) is 0 Å². The van der Waals surface area contributed by atoms with E-state index in [0.717, 1.165) is 15.8 Å². The molecule has 1 aliphatic heterocycles. The van der Waals surface area contributed by atoms with Gasteiger partial charge < -0.3 is 4.52 Å². The van der Waals surface area contributed by atoms with Crippen molar-refractivity contribution >= 4 is 33.5 Å². The molecule has 0 saturated carbocycles. The molecule has 1 saturated heterocycles. The molecule has 1 fully saturated rings. The van der Waals surface area contributed by atoms with Crippen molar-refractivity contribution in [3.8, 4) is 11.4 Å². The van der Waals surface area contributed by atoms with Crippen LogP contribution < -0.4 is 0 Å². The van der Waals surface area contributed by atoms with Crippen LogP contribution in [-0.4, -0.2) is 32.4 Å². The number of Topliss-reactive ketones (excluding diaryl/α,β-unsaturated/α-hetero) is 1. The standard InChI is InChI=1S/C11H8BrN3O2S/c12-7-1-6(2-13-3-7)10-14-11(17-15-10)8-4-18-5-9(8)16/h1-3,8H,4-5H2. The van der Waals surface area contributed by atoms with E-state index in [1.807, 2.05) is 6.07 Å². The van der Waals surface area contributed by atoms with E-state index < -0.39 is 0 Å². The van der Waals surface area contributed by atoms with Crippen LogP contribution in [0.4, 0.5) is 0 Å². The number of halogens is 1. The third-order valence-corrected chi connectivity index (χ3v) is 4.11. The van der Waals surface area contributed by atoms with Crippen molar-refractivity contribution in [2.24, 2.45) is 0 Å². The summed E-state index contributed by atoms with van der Waals surface area (Å²) >= 11 is 4.93. The van der Waals surface area contributed by atoms with Gasteiger partial charge in [-0.2, -0.15) is 16.7 Å². The monoisotopic (exact) mass is 325 g/mol. The lowest BCUT2D eigenvalue weighted by Crippen LogP contribution is -2.09. The molecule has 1 aliphatic rings. The van der Waals surface area contributed by atoms with Gasteiger partial charge in [0.15, 0.2) is 5.78 Å². The van der Waals surface area contributed by atoms with E-state index in [-0.39, 0.29) is 11.7 Å². The first kappa shape index (κ1) is 11.9. The summed E-state index contributed by atoms with van der Waals surface area (Å²) in [5.41, 5.74) is 0.762. The van der Waals surface area contributed by atoms with E-state index >= 15 is 0 Å². The number of carbonyl (C=O) groups excluding carboxylic acids is 1. The molecule has 5 nitrogen and oxygen atoms in total. The van der Waals surface area contributed by atoms with Gasteiger partial charge in [0.1, 0.15) is 5.92 Å². The van der Waals surface area contributed by atoms with E-state index in [2.05, 4.69) is 31.1 Å². The fourth-order valence-electron chi connectivity index (χ4n) is 1.71. The number of rotatable bonds is 2. The number of thioether (sulfide) groups is 1. The molecule has 2 aromatic rings. The summed E-state index contributed by atoms with van der Waals surface area (Å²) in [5.74, 6) is 2.01. The highest BCUT2D eigenvalue weighted by molar-refractivity contribution is 9.10. The largest absolute Gasteiger partial charge is 0.338 e. The van der Waals surface area contributed by atoms with E-state index in [9.17, 15) is 4.79 Å². The first-order chi connectivity index (χ1) is 8.74. The average molecular weight is 326 g/mol. The lowest BCUT2D eigenvalue weighted by molar-refractivity contribution is -0.117. The van der Waals surface area contributed by atoms with E-state index in [4.69, 9.17) is 4.52 Å². The van der Waals surface area contributed by atoms with Gasteiger partial charge in [0.05, 0.1) is 5.75 Å². The number of carbonyl (C=O) groups is 1. The molecule has 0 radical (unpaired) electrons. The fourth-order valence-corrected chi connectivity index (χ4v) is 3.16. The molecular weight excluding hydrogens is 318 g/mol. The molecule has 7 heteroatoms. The molecule has 92 valence electrons. The molecule has 0 spiro atoms. The number of nitrogens with zero attached hydrogens (tertiary/aromatic N) is 3. The second-order valence-electron chi connectivity index (χ2n) is 3.88. The van der Waals surface area contributed by atoms with Gasteiger partial charge in [-0.05, 0) is 22.0 Å². The normalized spacial score (nSPS) is 19.4. The average Bonchev–Trinajstić information content (AvgIpc) is 2.97. The smallest absolute Gasteiger partial charge is 0.238 e. The maximum absolute atomic E-state index is 11.6. The zero-order valence-electron chi connectivity index (χ0n) is 9.17. The van der Waals surface area contributed by atoms with Crippen LogP contribution in [0.1, 0.15) is 11.8 Å². The van der Waals surface area contributed by atoms with Gasteiger partial charge in [-0.1, -0.05) is 5.16 Å². The number of hydrogen-bond acceptors (Lipinski definition) is 6. The Balaban J connectivity index is 1.92. The molecule has 0 aliphatic carbocycles. The highest BCUT2D eigenvalue weighted by Crippen LogP contribution is 2.29. The number of aromatic nitrogens is 3. The first-order valence-electron chi connectivity index (χ1n) is 5.29. The molecule has 0 amide bonds. The Bertz CT molecular complexity index is 601. The Morgan fingerprint density at radius 2 is 2.33 bits per heavy atom. The van der Waals surface area contributed by atoms with Crippen molar-refractivity contribution in [2.75, 3.05) is 11.5 Å². The van der Waals surface area contributed by atoms with Crippen molar-refractivity contribution < 1.29 is 9.32 Å². The van der Waals surface area contributed by atoms with Gasteiger partial charge in [-0.25, -0.2) is 0 Å². The Hall–Kier alpha value is -1.21. The Kier molecular flexibility index (Phi) is 3.17. The second kappa shape index (κ2) is 4.81. The van der Waals surface area contributed by atoms with Gasteiger partial charge in [-0.15, -0.1) is 0 Å². The Morgan fingerprint density at radius 1 is 1.44 bits per heavy atom. The summed E-state index contributed by atoms with van der Waals surface area (Å²) in [6.07, 6.45) is 3.34. The van der Waals surface area contributed by atoms with Crippen LogP contribution in [0.15, 0.2) is 27.5 Å². The van der Waals surface area contributed by atoms with E-state index in [1.165, 1.54) is 0 Å². The van der Waals surface area contributed by atoms with Crippen molar-refractivity contribution in [3.63, 3.8) is 0 Å². The molecule has 0 aromatic carbocycles. The van der Waals surface area contributed by atoms with Crippen molar-refractivity contribution in [3.05, 3.63) is 28.8 Å². The van der Waals surface area contributed by atoms with Crippen molar-refractivity contribution in [2.45, 2.75) is 5.92 Å². The molecule has 3 rings (SSSR count). The summed E-state index contributed by atoms with van der Waals surface area (Å²) in [5, 5.41) is 3.90. The third kappa shape index (κ3) is 2.20. The first-order valence-corrected chi connectivity index (χ1v) is 7.24. The predicted molar refractivity (Wildman–Crippen MR) is 70.3 cm³/mol. The molecule has 1 atom stereocenters. The number of pyridine rings is 1. The Morgan fingerprint density at radius 3 is 3.06 bits per heavy atom. The van der Waals surface area contributed by atoms with Crippen LogP contribution in [0.25, 0.3) is 11.4 Å². The minimum atomic E-state index is -0.253. The van der Waals surface area contributed by atoms with Crippen LogP contribution in [0.2, 0.25) is 0 Å². The molecule has 1 unspecified atom stereocenters. The van der Waals surface area contributed by atoms with Crippen LogP contribution in [0.5, 0.6) is 0 Å². The molecule has 3 heterocycles. The quantitative estimate of drug-likeness (QED) is 0.843. The van der Waals surface area contributed by atoms with Crippen LogP contribution in [0, 0.1) is 0 Å². The predicted octanol–water partition coefficient (Wildman–Crippen LogP) is 2.29. The molecule has 0 N–H and O–H groups in total. The minimum absolute atomic E-state index is 0.155. The molecule has 0 bridgehead atoms. The van der Waals surface area contributed by atoms with Crippen LogP contribution in [0.3, 0.4) is 0 Å². The van der Waals surface area contributed by atoms with Crippen molar-refractivity contribution in [1.82, 2.24) is 15.1 Å². The highest BCUT2D eigenvalue weighted by Gasteiger charge is 2.31. The molecule has 2 aromatic heterocycles. The number of hydrogen-bond donors (Lipinski definition) is 0. The summed E-state index contributed by atoms with van der Waals surface area (Å²) in [4.78, 5) is 19.9. The maximum atomic E-state index is 11.6. The van der Waals surface area contributed by atoms with Gasteiger partial charge in [0.2, 0.25) is 11.7 Å². The Labute approximate surface area is 115 Å². The highest BCUT2D eigenvalue weighted by atomic mass is 79.9. The van der Waals surface area contributed by atoms with E-state index in [0.29, 0.717) is 17.5 Å². The molecular formula is C11H8BrN3O2S. The minimum Gasteiger partial charge on any atom is -0.338 e. The SMILES string of the molecule is O=C1CSCC1c1nc(-c2cncc(Br)c2)no1. The summed E-state index contributed by atoms with van der Waals surface area (Å²) in [6.45, 7) is 0. The second-order valence-corrected chi connectivity index (χ2v) is 5.83. The lowest BCUT2D eigenvalue weighted by Gasteiger charge is -1.97.